The Morgan fingerprint density at radius 1 is 0.923 bits per heavy atom. The summed E-state index contributed by atoms with van der Waals surface area (Å²) in [6.07, 6.45) is -3.19. The van der Waals surface area contributed by atoms with Crippen LogP contribution in [0.2, 0.25) is 0 Å². The zero-order valence-corrected chi connectivity index (χ0v) is 13.9. The van der Waals surface area contributed by atoms with E-state index in [0.717, 1.165) is 12.7 Å². The predicted molar refractivity (Wildman–Crippen MR) is 88.1 cm³/mol. The van der Waals surface area contributed by atoms with Crippen LogP contribution in [0, 0.1) is 6.92 Å². The Bertz CT molecular complexity index is 898. The number of aromatic nitrogens is 3. The van der Waals surface area contributed by atoms with E-state index in [1.165, 1.54) is 12.1 Å². The monoisotopic (exact) mass is 361 g/mol. The molecule has 0 aliphatic rings. The molecule has 134 valence electrons. The van der Waals surface area contributed by atoms with Crippen molar-refractivity contribution in [2.75, 3.05) is 7.11 Å². The van der Waals surface area contributed by atoms with Crippen molar-refractivity contribution in [1.29, 1.82) is 0 Å². The van der Waals surface area contributed by atoms with Crippen LogP contribution in [-0.4, -0.2) is 22.1 Å². The summed E-state index contributed by atoms with van der Waals surface area (Å²) < 4.78 is 50.8. The lowest BCUT2D eigenvalue weighted by Crippen LogP contribution is -2.13. The molecule has 26 heavy (non-hydrogen) atoms. The van der Waals surface area contributed by atoms with E-state index in [0.29, 0.717) is 5.69 Å². The van der Waals surface area contributed by atoms with Gasteiger partial charge >= 0.3 is 6.18 Å². The predicted octanol–water partition coefficient (Wildman–Crippen LogP) is 4.67. The molecule has 0 atom stereocenters. The van der Waals surface area contributed by atoms with E-state index in [4.69, 9.17) is 9.47 Å². The summed E-state index contributed by atoms with van der Waals surface area (Å²) in [5.74, 6) is -1.09. The van der Waals surface area contributed by atoms with Gasteiger partial charge in [-0.05, 0) is 30.7 Å². The second-order valence-corrected chi connectivity index (χ2v) is 5.37. The van der Waals surface area contributed by atoms with Crippen molar-refractivity contribution in [1.82, 2.24) is 15.0 Å². The van der Waals surface area contributed by atoms with Crippen molar-refractivity contribution in [3.63, 3.8) is 0 Å². The van der Waals surface area contributed by atoms with Crippen LogP contribution in [0.5, 0.6) is 17.5 Å². The highest BCUT2D eigenvalue weighted by molar-refractivity contribution is 5.54. The topological polar surface area (TPSA) is 57.1 Å². The maximum Gasteiger partial charge on any atom is 0.426 e. The van der Waals surface area contributed by atoms with Crippen LogP contribution in [0.3, 0.4) is 0 Å². The molecule has 2 heterocycles. The SMILES string of the molecule is COc1nc(-c2ccc(C)cn2)nc(Oc2ccccc2)c1C(F)(F)F. The van der Waals surface area contributed by atoms with Gasteiger partial charge in [0, 0.05) is 6.20 Å². The molecule has 0 unspecified atom stereocenters. The molecule has 1 aromatic carbocycles. The molecular formula is C18H14F3N3O2. The fraction of sp³-hybridized carbons (Fsp3) is 0.167. The molecule has 8 heteroatoms. The number of benzene rings is 1. The van der Waals surface area contributed by atoms with E-state index in [2.05, 4.69) is 15.0 Å². The molecule has 2 aromatic heterocycles. The standard InChI is InChI=1S/C18H14F3N3O2/c1-11-8-9-13(22-10-11)15-23-16(25-2)14(18(19,20)21)17(24-15)26-12-6-4-3-5-7-12/h3-10H,1-2H3. The first kappa shape index (κ1) is 17.7. The molecular weight excluding hydrogens is 347 g/mol. The molecule has 0 N–H and O–H groups in total. The summed E-state index contributed by atoms with van der Waals surface area (Å²) in [5.41, 5.74) is 0.0219. The van der Waals surface area contributed by atoms with Crippen LogP contribution >= 0.6 is 0 Å². The Labute approximate surface area is 147 Å². The van der Waals surface area contributed by atoms with Crippen molar-refractivity contribution in [3.05, 3.63) is 59.8 Å². The van der Waals surface area contributed by atoms with Gasteiger partial charge in [0.05, 0.1) is 7.11 Å². The Morgan fingerprint density at radius 2 is 1.62 bits per heavy atom. The molecule has 0 fully saturated rings. The Hall–Kier alpha value is -3.16. The van der Waals surface area contributed by atoms with Gasteiger partial charge in [-0.1, -0.05) is 24.3 Å². The van der Waals surface area contributed by atoms with E-state index < -0.39 is 23.5 Å². The third-order valence-corrected chi connectivity index (χ3v) is 3.42. The molecule has 0 aliphatic heterocycles. The number of hydrogen-bond acceptors (Lipinski definition) is 5. The fourth-order valence-corrected chi connectivity index (χ4v) is 2.20. The van der Waals surface area contributed by atoms with E-state index in [-0.39, 0.29) is 11.6 Å². The molecule has 5 nitrogen and oxygen atoms in total. The molecule has 0 radical (unpaired) electrons. The lowest BCUT2D eigenvalue weighted by molar-refractivity contribution is -0.140. The van der Waals surface area contributed by atoms with Gasteiger partial charge in [0.25, 0.3) is 0 Å². The van der Waals surface area contributed by atoms with Gasteiger partial charge in [-0.2, -0.15) is 23.1 Å². The minimum Gasteiger partial charge on any atom is -0.480 e. The number of alkyl halides is 3. The average Bonchev–Trinajstić information content (AvgIpc) is 2.61. The van der Waals surface area contributed by atoms with Gasteiger partial charge in [-0.3, -0.25) is 4.98 Å². The summed E-state index contributed by atoms with van der Waals surface area (Å²) in [4.78, 5) is 12.0. The van der Waals surface area contributed by atoms with Crippen molar-refractivity contribution in [2.45, 2.75) is 13.1 Å². The maximum absolute atomic E-state index is 13.5. The minimum atomic E-state index is -4.76. The molecule has 0 saturated heterocycles. The second kappa shape index (κ2) is 6.99. The molecule has 0 saturated carbocycles. The zero-order chi connectivity index (χ0) is 18.7. The highest BCUT2D eigenvalue weighted by atomic mass is 19.4. The zero-order valence-electron chi connectivity index (χ0n) is 13.9. The van der Waals surface area contributed by atoms with E-state index >= 15 is 0 Å². The van der Waals surface area contributed by atoms with Gasteiger partial charge in [-0.15, -0.1) is 0 Å². The quantitative estimate of drug-likeness (QED) is 0.676. The largest absolute Gasteiger partial charge is 0.480 e. The molecule has 0 aliphatic carbocycles. The van der Waals surface area contributed by atoms with Gasteiger partial charge in [0.15, 0.2) is 11.4 Å². The lowest BCUT2D eigenvalue weighted by Gasteiger charge is -2.16. The molecule has 3 aromatic rings. The van der Waals surface area contributed by atoms with Crippen molar-refractivity contribution >= 4 is 0 Å². The first-order valence-corrected chi connectivity index (χ1v) is 7.57. The van der Waals surface area contributed by atoms with Gasteiger partial charge in [0.2, 0.25) is 11.8 Å². The third kappa shape index (κ3) is 3.74. The number of ether oxygens (including phenoxy) is 2. The van der Waals surface area contributed by atoms with Gasteiger partial charge in [0.1, 0.15) is 11.4 Å². The second-order valence-electron chi connectivity index (χ2n) is 5.37. The van der Waals surface area contributed by atoms with Crippen LogP contribution in [0.4, 0.5) is 13.2 Å². The Kier molecular flexibility index (Phi) is 4.75. The lowest BCUT2D eigenvalue weighted by atomic mass is 10.2. The maximum atomic E-state index is 13.5. The number of nitrogens with zero attached hydrogens (tertiary/aromatic N) is 3. The highest BCUT2D eigenvalue weighted by Gasteiger charge is 2.41. The van der Waals surface area contributed by atoms with Crippen molar-refractivity contribution < 1.29 is 22.6 Å². The number of para-hydroxylation sites is 1. The Morgan fingerprint density at radius 3 is 2.19 bits per heavy atom. The van der Waals surface area contributed by atoms with Crippen LogP contribution < -0.4 is 9.47 Å². The number of aryl methyl sites for hydroxylation is 1. The molecule has 0 spiro atoms. The summed E-state index contributed by atoms with van der Waals surface area (Å²) in [6, 6.07) is 11.4. The number of hydrogen-bond donors (Lipinski definition) is 0. The smallest absolute Gasteiger partial charge is 0.426 e. The number of rotatable bonds is 4. The highest BCUT2D eigenvalue weighted by Crippen LogP contribution is 2.42. The first-order chi connectivity index (χ1) is 12.4. The van der Waals surface area contributed by atoms with Crippen LogP contribution in [0.1, 0.15) is 11.1 Å². The van der Waals surface area contributed by atoms with Crippen LogP contribution in [-0.2, 0) is 6.18 Å². The summed E-state index contributed by atoms with van der Waals surface area (Å²) >= 11 is 0. The van der Waals surface area contributed by atoms with E-state index in [1.54, 1.807) is 36.5 Å². The Balaban J connectivity index is 2.17. The summed E-state index contributed by atoms with van der Waals surface area (Å²) in [5, 5.41) is 0. The number of methoxy groups -OCH3 is 1. The number of halogens is 3. The average molecular weight is 361 g/mol. The molecule has 3 rings (SSSR count). The van der Waals surface area contributed by atoms with Crippen LogP contribution in [0.15, 0.2) is 48.7 Å². The van der Waals surface area contributed by atoms with Crippen molar-refractivity contribution in [3.8, 4) is 29.0 Å². The van der Waals surface area contributed by atoms with E-state index in [1.807, 2.05) is 6.92 Å². The molecule has 0 amide bonds. The normalized spacial score (nSPS) is 11.3. The van der Waals surface area contributed by atoms with Crippen molar-refractivity contribution in [2.24, 2.45) is 0 Å². The third-order valence-electron chi connectivity index (χ3n) is 3.42. The van der Waals surface area contributed by atoms with Gasteiger partial charge < -0.3 is 9.47 Å². The molecule has 0 bridgehead atoms. The van der Waals surface area contributed by atoms with Gasteiger partial charge in [-0.25, -0.2) is 0 Å². The summed E-state index contributed by atoms with van der Waals surface area (Å²) in [7, 11) is 1.11. The first-order valence-electron chi connectivity index (χ1n) is 7.57. The number of pyridine rings is 1. The minimum absolute atomic E-state index is 0.0271. The van der Waals surface area contributed by atoms with E-state index in [9.17, 15) is 13.2 Å². The summed E-state index contributed by atoms with van der Waals surface area (Å²) in [6.45, 7) is 1.84. The van der Waals surface area contributed by atoms with Crippen LogP contribution in [0.25, 0.3) is 11.5 Å². The fourth-order valence-electron chi connectivity index (χ4n) is 2.20.